The normalized spacial score (nSPS) is 16.8. The Balaban J connectivity index is 1.35. The number of hydrogen-bond acceptors (Lipinski definition) is 6. The fraction of sp³-hybridized carbons (Fsp3) is 0.379. The standard InChI is InChI=1S/C29H34N6O3/c1-4-8-25-31-17(3)26-29(37)33-27(34-35(25)26)21-16-18(11-12-24(21)38-5-2)13-19-14-20(15-19)28(36)32-23-10-7-6-9-22(23)30/h6-7,9-12,16,19-20H,4-5,8,13-15,30H2,1-3H3,(H,32,36)(H,33,34,37). The first kappa shape index (κ1) is 25.5. The lowest BCUT2D eigenvalue weighted by atomic mass is 9.71. The Morgan fingerprint density at radius 3 is 2.74 bits per heavy atom. The predicted octanol–water partition coefficient (Wildman–Crippen LogP) is 4.53. The number of aromatic amines is 1. The van der Waals surface area contributed by atoms with Crippen LogP contribution in [-0.2, 0) is 17.6 Å². The number of nitrogen functional groups attached to an aromatic ring is 1. The lowest BCUT2D eigenvalue weighted by Crippen LogP contribution is -2.35. The molecule has 38 heavy (non-hydrogen) atoms. The molecule has 1 saturated carbocycles. The number of nitrogens with zero attached hydrogens (tertiary/aromatic N) is 3. The molecule has 1 aliphatic rings. The largest absolute Gasteiger partial charge is 0.493 e. The number of benzene rings is 2. The molecular formula is C29H34N6O3. The van der Waals surface area contributed by atoms with Crippen molar-refractivity contribution in [2.75, 3.05) is 17.7 Å². The van der Waals surface area contributed by atoms with Gasteiger partial charge in [-0.15, -0.1) is 5.10 Å². The van der Waals surface area contributed by atoms with Gasteiger partial charge >= 0.3 is 0 Å². The summed E-state index contributed by atoms with van der Waals surface area (Å²) in [6, 6.07) is 13.3. The maximum absolute atomic E-state index is 13.0. The van der Waals surface area contributed by atoms with Crippen LogP contribution in [0.4, 0.5) is 11.4 Å². The van der Waals surface area contributed by atoms with Crippen LogP contribution in [-0.4, -0.2) is 32.1 Å². The average Bonchev–Trinajstić information content (AvgIpc) is 3.19. The summed E-state index contributed by atoms with van der Waals surface area (Å²) in [5.41, 5.74) is 9.96. The van der Waals surface area contributed by atoms with E-state index in [0.717, 1.165) is 49.1 Å². The number of nitrogens with one attached hydrogen (secondary N) is 2. The Kier molecular flexibility index (Phi) is 7.18. The van der Waals surface area contributed by atoms with Gasteiger partial charge in [-0.2, -0.15) is 0 Å². The van der Waals surface area contributed by atoms with E-state index in [1.54, 1.807) is 10.6 Å². The number of aryl methyl sites for hydroxylation is 2. The van der Waals surface area contributed by atoms with Crippen LogP contribution in [0, 0.1) is 18.8 Å². The molecule has 1 aliphatic carbocycles. The van der Waals surface area contributed by atoms with Crippen molar-refractivity contribution in [3.63, 3.8) is 0 Å². The van der Waals surface area contributed by atoms with Crippen molar-refractivity contribution in [2.45, 2.75) is 52.9 Å². The lowest BCUT2D eigenvalue weighted by Gasteiger charge is -2.34. The van der Waals surface area contributed by atoms with Crippen molar-refractivity contribution in [2.24, 2.45) is 11.8 Å². The zero-order chi connectivity index (χ0) is 26.8. The maximum atomic E-state index is 13.0. The number of fused-ring (bicyclic) bond motifs is 1. The number of anilines is 2. The number of aromatic nitrogens is 4. The van der Waals surface area contributed by atoms with Gasteiger partial charge in [-0.3, -0.25) is 9.59 Å². The summed E-state index contributed by atoms with van der Waals surface area (Å²) in [5, 5.41) is 7.73. The van der Waals surface area contributed by atoms with Crippen LogP contribution in [0.2, 0.25) is 0 Å². The second kappa shape index (κ2) is 10.7. The number of amides is 1. The summed E-state index contributed by atoms with van der Waals surface area (Å²) in [5.74, 6) is 2.28. The van der Waals surface area contributed by atoms with Gasteiger partial charge in [0.25, 0.3) is 5.56 Å². The smallest absolute Gasteiger partial charge is 0.277 e. The number of carbonyl (C=O) groups is 1. The second-order valence-corrected chi connectivity index (χ2v) is 10.0. The monoisotopic (exact) mass is 514 g/mol. The van der Waals surface area contributed by atoms with E-state index in [4.69, 9.17) is 15.6 Å². The molecule has 1 fully saturated rings. The first-order chi connectivity index (χ1) is 18.4. The molecule has 5 rings (SSSR count). The molecule has 9 heteroatoms. The number of nitrogens with two attached hydrogens (primary N) is 1. The molecule has 0 spiro atoms. The van der Waals surface area contributed by atoms with Crippen LogP contribution in [0.15, 0.2) is 47.3 Å². The Morgan fingerprint density at radius 2 is 2.00 bits per heavy atom. The summed E-state index contributed by atoms with van der Waals surface area (Å²) in [4.78, 5) is 33.2. The van der Waals surface area contributed by atoms with Crippen LogP contribution >= 0.6 is 0 Å². The molecule has 2 aromatic carbocycles. The highest BCUT2D eigenvalue weighted by Crippen LogP contribution is 2.38. The Hall–Kier alpha value is -4.14. The van der Waals surface area contributed by atoms with Gasteiger partial charge < -0.3 is 20.8 Å². The SMILES string of the molecule is CCCc1nc(C)c2c(=O)[nH]c(-c3cc(CC4CC(C(=O)Nc5ccccc5N)C4)ccc3OCC)nn12. The first-order valence-corrected chi connectivity index (χ1v) is 13.3. The predicted molar refractivity (Wildman–Crippen MR) is 148 cm³/mol. The van der Waals surface area contributed by atoms with Gasteiger partial charge in [0.05, 0.1) is 29.2 Å². The Labute approximate surface area is 221 Å². The summed E-state index contributed by atoms with van der Waals surface area (Å²) < 4.78 is 7.56. The molecule has 0 radical (unpaired) electrons. The van der Waals surface area contributed by atoms with Crippen LogP contribution in [0.1, 0.15) is 50.2 Å². The van der Waals surface area contributed by atoms with Crippen LogP contribution < -0.4 is 21.3 Å². The van der Waals surface area contributed by atoms with E-state index in [2.05, 4.69) is 22.2 Å². The molecule has 0 bridgehead atoms. The second-order valence-electron chi connectivity index (χ2n) is 10.0. The number of para-hydroxylation sites is 2. The molecule has 9 nitrogen and oxygen atoms in total. The van der Waals surface area contributed by atoms with E-state index in [1.165, 1.54) is 0 Å². The van der Waals surface area contributed by atoms with Gasteiger partial charge in [0.2, 0.25) is 5.91 Å². The number of ether oxygens (including phenoxy) is 1. The van der Waals surface area contributed by atoms with Gasteiger partial charge in [-0.1, -0.05) is 25.1 Å². The molecule has 198 valence electrons. The van der Waals surface area contributed by atoms with Gasteiger partial charge in [0, 0.05) is 12.3 Å². The maximum Gasteiger partial charge on any atom is 0.277 e. The lowest BCUT2D eigenvalue weighted by molar-refractivity contribution is -0.123. The summed E-state index contributed by atoms with van der Waals surface area (Å²) in [7, 11) is 0. The van der Waals surface area contributed by atoms with E-state index in [0.29, 0.717) is 46.7 Å². The minimum atomic E-state index is -0.220. The van der Waals surface area contributed by atoms with Crippen molar-refractivity contribution in [1.29, 1.82) is 0 Å². The molecule has 2 aromatic heterocycles. The zero-order valence-corrected chi connectivity index (χ0v) is 22.1. The van der Waals surface area contributed by atoms with Gasteiger partial charge in [0.1, 0.15) is 11.6 Å². The molecule has 2 heterocycles. The molecule has 1 amide bonds. The summed E-state index contributed by atoms with van der Waals surface area (Å²) in [6.07, 6.45) is 4.10. The number of rotatable bonds is 9. The van der Waals surface area contributed by atoms with E-state index in [-0.39, 0.29) is 17.4 Å². The quantitative estimate of drug-likeness (QED) is 0.282. The third-order valence-electron chi connectivity index (χ3n) is 7.16. The number of imidazole rings is 1. The minimum Gasteiger partial charge on any atom is -0.493 e. The van der Waals surface area contributed by atoms with Crippen molar-refractivity contribution >= 4 is 22.8 Å². The van der Waals surface area contributed by atoms with Crippen LogP contribution in [0.25, 0.3) is 16.9 Å². The van der Waals surface area contributed by atoms with E-state index >= 15 is 0 Å². The molecule has 4 aromatic rings. The molecule has 0 unspecified atom stereocenters. The molecule has 0 saturated heterocycles. The zero-order valence-electron chi connectivity index (χ0n) is 22.1. The number of carbonyl (C=O) groups excluding carboxylic acids is 1. The molecule has 4 N–H and O–H groups in total. The highest BCUT2D eigenvalue weighted by molar-refractivity contribution is 5.95. The van der Waals surface area contributed by atoms with Crippen LogP contribution in [0.3, 0.4) is 0 Å². The summed E-state index contributed by atoms with van der Waals surface area (Å²) in [6.45, 7) is 6.33. The fourth-order valence-corrected chi connectivity index (χ4v) is 5.21. The summed E-state index contributed by atoms with van der Waals surface area (Å²) >= 11 is 0. The Morgan fingerprint density at radius 1 is 1.21 bits per heavy atom. The van der Waals surface area contributed by atoms with E-state index in [1.807, 2.05) is 50.2 Å². The Bertz CT molecular complexity index is 1530. The highest BCUT2D eigenvalue weighted by Gasteiger charge is 2.34. The highest BCUT2D eigenvalue weighted by atomic mass is 16.5. The van der Waals surface area contributed by atoms with Crippen LogP contribution in [0.5, 0.6) is 5.75 Å². The fourth-order valence-electron chi connectivity index (χ4n) is 5.21. The average molecular weight is 515 g/mol. The molecular weight excluding hydrogens is 480 g/mol. The van der Waals surface area contributed by atoms with E-state index < -0.39 is 0 Å². The van der Waals surface area contributed by atoms with E-state index in [9.17, 15) is 9.59 Å². The third kappa shape index (κ3) is 5.01. The third-order valence-corrected chi connectivity index (χ3v) is 7.16. The number of H-pyrrole nitrogens is 1. The van der Waals surface area contributed by atoms with Crippen molar-refractivity contribution < 1.29 is 9.53 Å². The van der Waals surface area contributed by atoms with Gasteiger partial charge in [-0.05, 0) is 75.3 Å². The van der Waals surface area contributed by atoms with Gasteiger partial charge in [-0.25, -0.2) is 9.50 Å². The molecule has 0 aliphatic heterocycles. The van der Waals surface area contributed by atoms with Gasteiger partial charge in [0.15, 0.2) is 11.3 Å². The van der Waals surface area contributed by atoms with Crippen molar-refractivity contribution in [3.05, 3.63) is 69.9 Å². The topological polar surface area (TPSA) is 127 Å². The van der Waals surface area contributed by atoms with Crippen molar-refractivity contribution in [3.8, 4) is 17.1 Å². The first-order valence-electron chi connectivity index (χ1n) is 13.3. The molecule has 0 atom stereocenters. The van der Waals surface area contributed by atoms with Crippen molar-refractivity contribution in [1.82, 2.24) is 19.6 Å². The minimum absolute atomic E-state index is 0.0140. The number of hydrogen-bond donors (Lipinski definition) is 3.